The number of β-lactam (4-membered cyclic amide) rings is 1. The fourth-order valence-corrected chi connectivity index (χ4v) is 8.32. The largest absolute Gasteiger partial charge is 0.646 e. The van der Waals surface area contributed by atoms with Gasteiger partial charge in [-0.15, -0.1) is 0 Å². The highest BCUT2D eigenvalue weighted by Gasteiger charge is 2.63. The van der Waals surface area contributed by atoms with Crippen LogP contribution in [-0.2, 0) is 23.1 Å². The van der Waals surface area contributed by atoms with Crippen LogP contribution in [0.2, 0.25) is 18.1 Å². The van der Waals surface area contributed by atoms with E-state index in [4.69, 9.17) is 22.7 Å². The van der Waals surface area contributed by atoms with Crippen molar-refractivity contribution >= 4 is 33.7 Å². The molecular formula is C34H39N2O10PSi. The summed E-state index contributed by atoms with van der Waals surface area (Å²) >= 11 is 0. The van der Waals surface area contributed by atoms with Gasteiger partial charge in [-0.2, -0.15) is 4.57 Å². The predicted octanol–water partition coefficient (Wildman–Crippen LogP) is 7.88. The molecule has 0 spiro atoms. The van der Waals surface area contributed by atoms with E-state index in [-0.39, 0.29) is 45.3 Å². The molecule has 1 saturated heterocycles. The third kappa shape index (κ3) is 7.03. The fraction of sp³-hybridized carbons (Fsp3) is 0.353. The summed E-state index contributed by atoms with van der Waals surface area (Å²) in [5.74, 6) is -2.40. The van der Waals surface area contributed by atoms with Crippen LogP contribution in [0.1, 0.15) is 34.6 Å². The Labute approximate surface area is 280 Å². The number of para-hydroxylation sites is 2. The summed E-state index contributed by atoms with van der Waals surface area (Å²) in [5, 5.41) is 11.0. The van der Waals surface area contributed by atoms with Crippen LogP contribution < -0.4 is 13.8 Å². The third-order valence-corrected chi connectivity index (χ3v) is 14.8. The average molecular weight is 695 g/mol. The number of rotatable bonds is 12. The van der Waals surface area contributed by atoms with Gasteiger partial charge < -0.3 is 22.7 Å². The number of esters is 1. The van der Waals surface area contributed by atoms with Crippen molar-refractivity contribution < 1.29 is 41.8 Å². The summed E-state index contributed by atoms with van der Waals surface area (Å²) in [6.45, 7) is 14.1. The van der Waals surface area contributed by atoms with E-state index < -0.39 is 51.0 Å². The van der Waals surface area contributed by atoms with Gasteiger partial charge in [0.25, 0.3) is 5.69 Å². The molecule has 1 amide bonds. The molecule has 0 saturated carbocycles. The molecule has 254 valence electrons. The lowest BCUT2D eigenvalue weighted by Gasteiger charge is -2.49. The zero-order valence-corrected chi connectivity index (χ0v) is 29.7. The number of carbonyl (C=O) groups is 2. The van der Waals surface area contributed by atoms with Crippen molar-refractivity contribution in [3.8, 4) is 17.2 Å². The van der Waals surface area contributed by atoms with Crippen LogP contribution in [0.5, 0.6) is 17.2 Å². The first-order chi connectivity index (χ1) is 22.5. The molecule has 4 atom stereocenters. The number of nitrogens with zero attached hydrogens (tertiary/aromatic N) is 2. The van der Waals surface area contributed by atoms with Crippen molar-refractivity contribution in [2.24, 2.45) is 11.8 Å². The fourth-order valence-electron chi connectivity index (χ4n) is 5.52. The highest BCUT2D eigenvalue weighted by molar-refractivity contribution is 7.49. The monoisotopic (exact) mass is 694 g/mol. The van der Waals surface area contributed by atoms with Gasteiger partial charge in [-0.25, -0.2) is 4.79 Å². The Kier molecular flexibility index (Phi) is 9.60. The van der Waals surface area contributed by atoms with Crippen molar-refractivity contribution in [3.05, 3.63) is 106 Å². The van der Waals surface area contributed by atoms with Crippen LogP contribution in [0, 0.1) is 22.0 Å². The highest BCUT2D eigenvalue weighted by atomic mass is 31.2. The molecule has 3 aromatic rings. The summed E-state index contributed by atoms with van der Waals surface area (Å²) in [7, 11) is -6.87. The number of phosphoric acid groups is 1. The molecule has 0 aromatic heterocycles. The van der Waals surface area contributed by atoms with E-state index in [1.54, 1.807) is 67.6 Å². The number of benzene rings is 3. The Morgan fingerprint density at radius 2 is 1.42 bits per heavy atom. The van der Waals surface area contributed by atoms with Gasteiger partial charge in [-0.3, -0.25) is 19.8 Å². The zero-order valence-electron chi connectivity index (χ0n) is 27.8. The second-order valence-electron chi connectivity index (χ2n) is 13.3. The van der Waals surface area contributed by atoms with E-state index in [9.17, 15) is 24.3 Å². The molecule has 2 aliphatic rings. The maximum absolute atomic E-state index is 14.5. The SMILES string of the molecule is CC(O[Si](C)(C)C(C)(C)C)[C@H]1C(=O)N2C(C(=O)Oc3ccc([N+](=O)[O-])cc3)=C(OP(=O)(Oc3ccccc3)Oc3ccccc3)[C@H](C)[C@H]12. The minimum absolute atomic E-state index is 0.00282. The topological polar surface area (TPSA) is 144 Å². The van der Waals surface area contributed by atoms with Crippen LogP contribution in [0.3, 0.4) is 0 Å². The van der Waals surface area contributed by atoms with Gasteiger partial charge in [0.1, 0.15) is 23.0 Å². The summed E-state index contributed by atoms with van der Waals surface area (Å²) in [5.41, 5.74) is -0.457. The maximum Gasteiger partial charge on any atom is 0.646 e. The Morgan fingerprint density at radius 1 is 0.896 bits per heavy atom. The first-order valence-electron chi connectivity index (χ1n) is 15.5. The van der Waals surface area contributed by atoms with Crippen LogP contribution in [0.25, 0.3) is 0 Å². The van der Waals surface area contributed by atoms with E-state index in [1.807, 2.05) is 6.92 Å². The van der Waals surface area contributed by atoms with Gasteiger partial charge in [-0.05, 0) is 61.5 Å². The van der Waals surface area contributed by atoms with Gasteiger partial charge in [0.2, 0.25) is 5.91 Å². The average Bonchev–Trinajstić information content (AvgIpc) is 3.24. The maximum atomic E-state index is 14.5. The smallest absolute Gasteiger partial charge is 0.422 e. The minimum Gasteiger partial charge on any atom is -0.422 e. The number of carbonyl (C=O) groups excluding carboxylic acids is 2. The Balaban J connectivity index is 1.53. The Morgan fingerprint density at radius 3 is 1.90 bits per heavy atom. The molecule has 3 aromatic carbocycles. The Bertz CT molecular complexity index is 1710. The molecule has 2 heterocycles. The third-order valence-electron chi connectivity index (χ3n) is 8.96. The normalized spacial score (nSPS) is 20.0. The molecule has 5 rings (SSSR count). The number of non-ortho nitro benzene ring substituents is 1. The summed E-state index contributed by atoms with van der Waals surface area (Å²) in [6.07, 6.45) is -0.499. The predicted molar refractivity (Wildman–Crippen MR) is 180 cm³/mol. The van der Waals surface area contributed by atoms with Gasteiger partial charge >= 0.3 is 13.8 Å². The minimum atomic E-state index is -4.57. The highest BCUT2D eigenvalue weighted by Crippen LogP contribution is 2.57. The molecule has 2 aliphatic heterocycles. The summed E-state index contributed by atoms with van der Waals surface area (Å²) < 4.78 is 44.5. The molecule has 0 aliphatic carbocycles. The molecule has 1 unspecified atom stereocenters. The number of nitro benzene ring substituents is 1. The first-order valence-corrected chi connectivity index (χ1v) is 19.9. The zero-order chi connectivity index (χ0) is 35.0. The lowest BCUT2D eigenvalue weighted by Crippen LogP contribution is -2.65. The second kappa shape index (κ2) is 13.2. The molecule has 48 heavy (non-hydrogen) atoms. The standard InChI is InChI=1S/C34H39N2O10PSi/c1-22-29-28(23(2)46-48(6,7)34(3,4)5)32(37)35(29)30(33(38)42-25-20-18-24(19-21-25)36(39)40)31(22)45-47(41,43-26-14-10-8-11-15-26)44-27-16-12-9-13-17-27/h8-23,28-29H,1-7H3/t22-,23?,28-,29-/m1/s1. The van der Waals surface area contributed by atoms with Crippen LogP contribution in [-0.4, -0.2) is 42.2 Å². The molecule has 0 radical (unpaired) electrons. The van der Waals surface area contributed by atoms with Crippen molar-refractivity contribution in [3.63, 3.8) is 0 Å². The number of phosphoric ester groups is 1. The summed E-state index contributed by atoms with van der Waals surface area (Å²) in [6, 6.07) is 20.9. The van der Waals surface area contributed by atoms with Gasteiger partial charge in [0.05, 0.1) is 23.0 Å². The Hall–Kier alpha value is -4.45. The van der Waals surface area contributed by atoms with Crippen LogP contribution in [0.4, 0.5) is 5.69 Å². The molecular weight excluding hydrogens is 655 g/mol. The van der Waals surface area contributed by atoms with Gasteiger partial charge in [0, 0.05) is 18.1 Å². The molecule has 0 N–H and O–H groups in total. The number of nitro groups is 1. The first kappa shape index (κ1) is 34.9. The van der Waals surface area contributed by atoms with E-state index in [0.717, 1.165) is 0 Å². The van der Waals surface area contributed by atoms with Crippen LogP contribution in [0.15, 0.2) is 96.4 Å². The van der Waals surface area contributed by atoms with E-state index in [1.165, 1.54) is 29.2 Å². The van der Waals surface area contributed by atoms with Crippen molar-refractivity contribution in [1.82, 2.24) is 4.90 Å². The number of fused-ring (bicyclic) bond motifs is 1. The van der Waals surface area contributed by atoms with E-state index in [2.05, 4.69) is 33.9 Å². The second-order valence-corrected chi connectivity index (χ2v) is 19.5. The molecule has 1 fully saturated rings. The van der Waals surface area contributed by atoms with Gasteiger partial charge in [-0.1, -0.05) is 64.1 Å². The lowest BCUT2D eigenvalue weighted by molar-refractivity contribution is -0.384. The molecule has 14 heteroatoms. The number of hydrogen-bond donors (Lipinski definition) is 0. The quantitative estimate of drug-likeness (QED) is 0.0349. The van der Waals surface area contributed by atoms with Crippen LogP contribution >= 0.6 is 7.82 Å². The van der Waals surface area contributed by atoms with Crippen molar-refractivity contribution in [2.45, 2.75) is 64.9 Å². The van der Waals surface area contributed by atoms with E-state index in [0.29, 0.717) is 0 Å². The van der Waals surface area contributed by atoms with Gasteiger partial charge in [0.15, 0.2) is 14.0 Å². The van der Waals surface area contributed by atoms with Crippen molar-refractivity contribution in [2.75, 3.05) is 0 Å². The number of ether oxygens (including phenoxy) is 1. The van der Waals surface area contributed by atoms with E-state index >= 15 is 0 Å². The number of amides is 1. The molecule has 0 bridgehead atoms. The lowest BCUT2D eigenvalue weighted by atomic mass is 9.79. The molecule has 12 nitrogen and oxygen atoms in total. The van der Waals surface area contributed by atoms with Crippen molar-refractivity contribution in [1.29, 1.82) is 0 Å². The summed E-state index contributed by atoms with van der Waals surface area (Å²) in [4.78, 5) is 39.6. The number of hydrogen-bond acceptors (Lipinski definition) is 10.